The Morgan fingerprint density at radius 2 is 1.71 bits per heavy atom. The summed E-state index contributed by atoms with van der Waals surface area (Å²) in [5.41, 5.74) is 4.69. The topological polar surface area (TPSA) is 123 Å². The zero-order chi connectivity index (χ0) is 24.9. The summed E-state index contributed by atoms with van der Waals surface area (Å²) < 4.78 is 6.98. The molecule has 1 unspecified atom stereocenters. The number of fused-ring (bicyclic) bond motifs is 3. The first-order valence-electron chi connectivity index (χ1n) is 11.5. The Labute approximate surface area is 203 Å². The summed E-state index contributed by atoms with van der Waals surface area (Å²) >= 11 is 0. The van der Waals surface area contributed by atoms with E-state index in [0.29, 0.717) is 19.4 Å². The van der Waals surface area contributed by atoms with E-state index in [1.54, 1.807) is 14.0 Å². The van der Waals surface area contributed by atoms with Gasteiger partial charge in [0.25, 0.3) is 5.91 Å². The highest BCUT2D eigenvalue weighted by atomic mass is 16.5. The number of nitrogens with zero attached hydrogens (tertiary/aromatic N) is 2. The quantitative estimate of drug-likeness (QED) is 0.401. The van der Waals surface area contributed by atoms with Crippen LogP contribution in [-0.2, 0) is 16.6 Å². The van der Waals surface area contributed by atoms with Crippen LogP contribution < -0.4 is 10.6 Å². The molecule has 0 bridgehead atoms. The SMILES string of the molecule is CC(CCCNC(=O)c1cn(C)nc1NC(=O)OCC1c2ccccc2-c2ccccc21)C(=O)O. The molecule has 0 spiro atoms. The Morgan fingerprint density at radius 1 is 1.09 bits per heavy atom. The van der Waals surface area contributed by atoms with Crippen molar-refractivity contribution in [3.63, 3.8) is 0 Å². The molecule has 4 rings (SSSR count). The first-order valence-corrected chi connectivity index (χ1v) is 11.5. The minimum Gasteiger partial charge on any atom is -0.481 e. The smallest absolute Gasteiger partial charge is 0.412 e. The fourth-order valence-corrected chi connectivity index (χ4v) is 4.31. The van der Waals surface area contributed by atoms with E-state index in [2.05, 4.69) is 27.9 Å². The molecule has 35 heavy (non-hydrogen) atoms. The van der Waals surface area contributed by atoms with Gasteiger partial charge in [0.15, 0.2) is 5.82 Å². The summed E-state index contributed by atoms with van der Waals surface area (Å²) in [5.74, 6) is -1.72. The number of aliphatic carboxylic acids is 1. The van der Waals surface area contributed by atoms with Gasteiger partial charge in [0.05, 0.1) is 5.92 Å². The molecule has 0 aliphatic heterocycles. The molecule has 3 aromatic rings. The van der Waals surface area contributed by atoms with Crippen LogP contribution in [0.3, 0.4) is 0 Å². The zero-order valence-corrected chi connectivity index (χ0v) is 19.7. The third-order valence-electron chi connectivity index (χ3n) is 6.16. The Hall–Kier alpha value is -4.14. The van der Waals surface area contributed by atoms with E-state index in [0.717, 1.165) is 22.3 Å². The molecule has 2 amide bonds. The third-order valence-corrected chi connectivity index (χ3v) is 6.16. The Bertz CT molecular complexity index is 1210. The second kappa shape index (κ2) is 10.4. The van der Waals surface area contributed by atoms with Crippen LogP contribution in [0.15, 0.2) is 54.7 Å². The van der Waals surface area contributed by atoms with Crippen LogP contribution in [0.4, 0.5) is 10.6 Å². The number of rotatable bonds is 9. The number of nitrogens with one attached hydrogen (secondary N) is 2. The van der Waals surface area contributed by atoms with Crippen LogP contribution in [0, 0.1) is 5.92 Å². The van der Waals surface area contributed by atoms with Crippen molar-refractivity contribution in [2.45, 2.75) is 25.7 Å². The molecule has 0 saturated heterocycles. The Kier molecular flexibility index (Phi) is 7.14. The lowest BCUT2D eigenvalue weighted by molar-refractivity contribution is -0.141. The normalized spacial score (nSPS) is 13.0. The molecule has 0 fully saturated rings. The van der Waals surface area contributed by atoms with Crippen molar-refractivity contribution in [3.8, 4) is 11.1 Å². The lowest BCUT2D eigenvalue weighted by Gasteiger charge is -2.14. The van der Waals surface area contributed by atoms with E-state index < -0.39 is 23.9 Å². The summed E-state index contributed by atoms with van der Waals surface area (Å²) in [6.07, 6.45) is 1.78. The van der Waals surface area contributed by atoms with E-state index in [1.165, 1.54) is 10.9 Å². The van der Waals surface area contributed by atoms with E-state index >= 15 is 0 Å². The van der Waals surface area contributed by atoms with Crippen LogP contribution in [0.5, 0.6) is 0 Å². The summed E-state index contributed by atoms with van der Waals surface area (Å²) in [7, 11) is 1.65. The maximum absolute atomic E-state index is 12.6. The van der Waals surface area contributed by atoms with Crippen LogP contribution in [0.1, 0.15) is 47.2 Å². The van der Waals surface area contributed by atoms with E-state index in [4.69, 9.17) is 9.84 Å². The van der Waals surface area contributed by atoms with Gasteiger partial charge in [-0.15, -0.1) is 0 Å². The van der Waals surface area contributed by atoms with E-state index in [1.807, 2.05) is 36.4 Å². The molecule has 1 heterocycles. The minimum atomic E-state index is -0.863. The van der Waals surface area contributed by atoms with Crippen molar-refractivity contribution in [2.24, 2.45) is 13.0 Å². The van der Waals surface area contributed by atoms with Gasteiger partial charge in [0, 0.05) is 25.7 Å². The molecule has 0 radical (unpaired) electrons. The highest BCUT2D eigenvalue weighted by Gasteiger charge is 2.29. The molecular formula is C26H28N4O5. The van der Waals surface area contributed by atoms with Gasteiger partial charge in [-0.05, 0) is 35.1 Å². The molecule has 1 atom stereocenters. The Balaban J connectivity index is 1.36. The summed E-state index contributed by atoms with van der Waals surface area (Å²) in [6.45, 7) is 2.09. The fraction of sp³-hybridized carbons (Fsp3) is 0.308. The largest absolute Gasteiger partial charge is 0.481 e. The maximum atomic E-state index is 12.6. The molecule has 1 aliphatic carbocycles. The molecule has 3 N–H and O–H groups in total. The fourth-order valence-electron chi connectivity index (χ4n) is 4.31. The number of carboxylic acids is 1. The molecule has 1 aromatic heterocycles. The zero-order valence-electron chi connectivity index (χ0n) is 19.7. The van der Waals surface area contributed by atoms with Crippen molar-refractivity contribution < 1.29 is 24.2 Å². The number of ether oxygens (including phenoxy) is 1. The van der Waals surface area contributed by atoms with Gasteiger partial charge in [-0.3, -0.25) is 19.6 Å². The van der Waals surface area contributed by atoms with Crippen LogP contribution >= 0.6 is 0 Å². The van der Waals surface area contributed by atoms with Crippen molar-refractivity contribution >= 4 is 23.8 Å². The number of hydrogen-bond acceptors (Lipinski definition) is 5. The molecular weight excluding hydrogens is 448 g/mol. The number of carbonyl (C=O) groups excluding carboxylic acids is 2. The average molecular weight is 477 g/mol. The Morgan fingerprint density at radius 3 is 2.34 bits per heavy atom. The monoisotopic (exact) mass is 476 g/mol. The minimum absolute atomic E-state index is 0.0761. The second-order valence-corrected chi connectivity index (χ2v) is 8.65. The summed E-state index contributed by atoms with van der Waals surface area (Å²) in [4.78, 5) is 36.1. The number of aromatic nitrogens is 2. The third kappa shape index (κ3) is 5.34. The van der Waals surface area contributed by atoms with Crippen molar-refractivity contribution in [1.29, 1.82) is 0 Å². The standard InChI is InChI=1S/C26H28N4O5/c1-16(25(32)33)8-7-13-27-24(31)21-14-30(2)29-23(21)28-26(34)35-15-22-19-11-5-3-9-17(19)18-10-4-6-12-20(18)22/h3-6,9-12,14,16,22H,7-8,13,15H2,1-2H3,(H,27,31)(H,32,33)(H,28,29,34). The van der Waals surface area contributed by atoms with E-state index in [-0.39, 0.29) is 23.9 Å². The van der Waals surface area contributed by atoms with Crippen molar-refractivity contribution in [3.05, 3.63) is 71.4 Å². The molecule has 182 valence electrons. The molecule has 0 saturated carbocycles. The van der Waals surface area contributed by atoms with E-state index in [9.17, 15) is 14.4 Å². The van der Waals surface area contributed by atoms with Gasteiger partial charge in [0.1, 0.15) is 12.2 Å². The number of aryl methyl sites for hydroxylation is 1. The van der Waals surface area contributed by atoms with Crippen LogP contribution in [0.25, 0.3) is 11.1 Å². The highest BCUT2D eigenvalue weighted by molar-refractivity contribution is 6.01. The number of carboxylic acid groups (broad SMARTS) is 1. The van der Waals surface area contributed by atoms with Gasteiger partial charge >= 0.3 is 12.1 Å². The van der Waals surface area contributed by atoms with Crippen molar-refractivity contribution in [1.82, 2.24) is 15.1 Å². The number of carbonyl (C=O) groups is 3. The van der Waals surface area contributed by atoms with Crippen molar-refractivity contribution in [2.75, 3.05) is 18.5 Å². The van der Waals surface area contributed by atoms with Crippen LogP contribution in [-0.4, -0.2) is 46.0 Å². The maximum Gasteiger partial charge on any atom is 0.412 e. The number of amides is 2. The number of hydrogen-bond donors (Lipinski definition) is 3. The molecule has 2 aromatic carbocycles. The van der Waals surface area contributed by atoms with Gasteiger partial charge in [-0.1, -0.05) is 55.5 Å². The van der Waals surface area contributed by atoms with Crippen LogP contribution in [0.2, 0.25) is 0 Å². The second-order valence-electron chi connectivity index (χ2n) is 8.65. The van der Waals surface area contributed by atoms with Gasteiger partial charge < -0.3 is 15.2 Å². The predicted molar refractivity (Wildman–Crippen MR) is 130 cm³/mol. The summed E-state index contributed by atoms with van der Waals surface area (Å²) in [5, 5.41) is 18.4. The average Bonchev–Trinajstić information content (AvgIpc) is 3.37. The molecule has 1 aliphatic rings. The first kappa shape index (κ1) is 24.0. The lowest BCUT2D eigenvalue weighted by Crippen LogP contribution is -2.26. The lowest BCUT2D eigenvalue weighted by atomic mass is 9.98. The molecule has 9 heteroatoms. The van der Waals surface area contributed by atoms with Gasteiger partial charge in [-0.25, -0.2) is 4.79 Å². The van der Waals surface area contributed by atoms with Gasteiger partial charge in [-0.2, -0.15) is 5.10 Å². The molecule has 9 nitrogen and oxygen atoms in total. The predicted octanol–water partition coefficient (Wildman–Crippen LogP) is 4.01. The summed E-state index contributed by atoms with van der Waals surface area (Å²) in [6, 6.07) is 16.1. The van der Waals surface area contributed by atoms with Gasteiger partial charge in [0.2, 0.25) is 0 Å². The number of benzene rings is 2. The first-order chi connectivity index (χ1) is 16.8. The highest BCUT2D eigenvalue weighted by Crippen LogP contribution is 2.44. The number of anilines is 1.